The SMILES string of the molecule is CCOc1ccc(C(=O)NCc2nc(COC)no2)o1. The van der Waals surface area contributed by atoms with Crippen LogP contribution in [-0.2, 0) is 17.9 Å². The van der Waals surface area contributed by atoms with Crippen molar-refractivity contribution >= 4 is 5.91 Å². The fourth-order valence-electron chi connectivity index (χ4n) is 1.45. The molecule has 0 aliphatic heterocycles. The van der Waals surface area contributed by atoms with Crippen LogP contribution >= 0.6 is 0 Å². The van der Waals surface area contributed by atoms with Gasteiger partial charge < -0.3 is 23.7 Å². The van der Waals surface area contributed by atoms with Crippen LogP contribution in [0.15, 0.2) is 21.1 Å². The van der Waals surface area contributed by atoms with E-state index in [1.807, 2.05) is 6.92 Å². The quantitative estimate of drug-likeness (QED) is 0.812. The standard InChI is InChI=1S/C12H15N3O5/c1-3-18-11-5-4-8(19-11)12(16)13-6-10-14-9(7-17-2)15-20-10/h4-5H,3,6-7H2,1-2H3,(H,13,16). The van der Waals surface area contributed by atoms with E-state index in [0.717, 1.165) is 0 Å². The number of amides is 1. The second-order valence-electron chi connectivity index (χ2n) is 3.77. The Bertz CT molecular complexity index is 563. The highest BCUT2D eigenvalue weighted by Gasteiger charge is 2.13. The zero-order valence-electron chi connectivity index (χ0n) is 11.2. The summed E-state index contributed by atoms with van der Waals surface area (Å²) in [5, 5.41) is 6.28. The zero-order valence-corrected chi connectivity index (χ0v) is 11.2. The van der Waals surface area contributed by atoms with E-state index in [0.29, 0.717) is 24.3 Å². The Balaban J connectivity index is 1.87. The van der Waals surface area contributed by atoms with Crippen LogP contribution in [0.4, 0.5) is 0 Å². The van der Waals surface area contributed by atoms with Gasteiger partial charge in [0.25, 0.3) is 11.9 Å². The smallest absolute Gasteiger partial charge is 0.287 e. The van der Waals surface area contributed by atoms with Crippen molar-refractivity contribution in [3.63, 3.8) is 0 Å². The molecule has 0 bridgehead atoms. The molecule has 0 aliphatic rings. The van der Waals surface area contributed by atoms with Crippen LogP contribution in [0.3, 0.4) is 0 Å². The first-order chi connectivity index (χ1) is 9.72. The summed E-state index contributed by atoms with van der Waals surface area (Å²) in [6, 6.07) is 3.12. The summed E-state index contributed by atoms with van der Waals surface area (Å²) < 4.78 is 20.1. The summed E-state index contributed by atoms with van der Waals surface area (Å²) in [5.41, 5.74) is 0. The van der Waals surface area contributed by atoms with Gasteiger partial charge in [0.2, 0.25) is 5.89 Å². The number of nitrogens with zero attached hydrogens (tertiary/aromatic N) is 2. The summed E-state index contributed by atoms with van der Waals surface area (Å²) >= 11 is 0. The Kier molecular flexibility index (Phi) is 4.72. The van der Waals surface area contributed by atoms with Gasteiger partial charge in [0.1, 0.15) is 6.61 Å². The van der Waals surface area contributed by atoms with Crippen molar-refractivity contribution in [1.29, 1.82) is 0 Å². The number of carbonyl (C=O) groups is 1. The normalized spacial score (nSPS) is 10.5. The van der Waals surface area contributed by atoms with Crippen LogP contribution in [0, 0.1) is 0 Å². The number of nitrogens with one attached hydrogen (secondary N) is 1. The maximum Gasteiger partial charge on any atom is 0.287 e. The predicted molar refractivity (Wildman–Crippen MR) is 66.1 cm³/mol. The molecule has 20 heavy (non-hydrogen) atoms. The molecule has 8 heteroatoms. The van der Waals surface area contributed by atoms with Crippen molar-refractivity contribution in [2.24, 2.45) is 0 Å². The second-order valence-corrected chi connectivity index (χ2v) is 3.77. The van der Waals surface area contributed by atoms with Crippen LogP contribution in [0.2, 0.25) is 0 Å². The van der Waals surface area contributed by atoms with E-state index in [9.17, 15) is 4.79 Å². The molecular weight excluding hydrogens is 266 g/mol. The van der Waals surface area contributed by atoms with E-state index in [-0.39, 0.29) is 24.8 Å². The van der Waals surface area contributed by atoms with Crippen molar-refractivity contribution in [1.82, 2.24) is 15.5 Å². The Morgan fingerprint density at radius 2 is 2.30 bits per heavy atom. The van der Waals surface area contributed by atoms with E-state index in [1.54, 1.807) is 6.07 Å². The molecule has 2 heterocycles. The van der Waals surface area contributed by atoms with E-state index in [4.69, 9.17) is 18.4 Å². The molecule has 8 nitrogen and oxygen atoms in total. The number of hydrogen-bond acceptors (Lipinski definition) is 7. The first kappa shape index (κ1) is 14.1. The van der Waals surface area contributed by atoms with Crippen molar-refractivity contribution in [3.05, 3.63) is 29.6 Å². The number of ether oxygens (including phenoxy) is 2. The lowest BCUT2D eigenvalue weighted by molar-refractivity contribution is 0.0910. The molecular formula is C12H15N3O5. The Morgan fingerprint density at radius 3 is 3.05 bits per heavy atom. The van der Waals surface area contributed by atoms with Gasteiger partial charge in [0.15, 0.2) is 11.6 Å². The minimum absolute atomic E-state index is 0.111. The van der Waals surface area contributed by atoms with E-state index in [1.165, 1.54) is 13.2 Å². The fourth-order valence-corrected chi connectivity index (χ4v) is 1.45. The first-order valence-corrected chi connectivity index (χ1v) is 6.04. The summed E-state index contributed by atoms with van der Waals surface area (Å²) in [6.07, 6.45) is 0. The van der Waals surface area contributed by atoms with Gasteiger partial charge in [-0.05, 0) is 13.0 Å². The fraction of sp³-hybridized carbons (Fsp3) is 0.417. The maximum absolute atomic E-state index is 11.8. The Morgan fingerprint density at radius 1 is 1.45 bits per heavy atom. The largest absolute Gasteiger partial charge is 0.465 e. The molecule has 108 valence electrons. The molecule has 0 atom stereocenters. The van der Waals surface area contributed by atoms with Gasteiger partial charge in [-0.15, -0.1) is 0 Å². The third-order valence-corrected chi connectivity index (χ3v) is 2.28. The van der Waals surface area contributed by atoms with Gasteiger partial charge in [-0.25, -0.2) is 0 Å². The lowest BCUT2D eigenvalue weighted by Gasteiger charge is -1.99. The lowest BCUT2D eigenvalue weighted by atomic mass is 10.4. The van der Waals surface area contributed by atoms with Crippen LogP contribution in [0.1, 0.15) is 29.2 Å². The maximum atomic E-state index is 11.8. The van der Waals surface area contributed by atoms with Gasteiger partial charge in [0.05, 0.1) is 13.2 Å². The average molecular weight is 281 g/mol. The number of aromatic nitrogens is 2. The second kappa shape index (κ2) is 6.71. The Labute approximate surface area is 115 Å². The first-order valence-electron chi connectivity index (χ1n) is 6.04. The topological polar surface area (TPSA) is 99.6 Å². The molecule has 2 rings (SSSR count). The van der Waals surface area contributed by atoms with Crippen LogP contribution < -0.4 is 10.1 Å². The number of rotatable bonds is 7. The third-order valence-electron chi connectivity index (χ3n) is 2.28. The molecule has 0 aliphatic carbocycles. The van der Waals surface area contributed by atoms with Crippen molar-refractivity contribution in [2.75, 3.05) is 13.7 Å². The highest BCUT2D eigenvalue weighted by molar-refractivity contribution is 5.91. The van der Waals surface area contributed by atoms with Gasteiger partial charge >= 0.3 is 0 Å². The molecule has 0 unspecified atom stereocenters. The monoisotopic (exact) mass is 281 g/mol. The minimum atomic E-state index is -0.387. The number of furan rings is 1. The molecule has 0 radical (unpaired) electrons. The lowest BCUT2D eigenvalue weighted by Crippen LogP contribution is -2.22. The van der Waals surface area contributed by atoms with Crippen LogP contribution in [0.25, 0.3) is 0 Å². The van der Waals surface area contributed by atoms with E-state index < -0.39 is 0 Å². The van der Waals surface area contributed by atoms with Crippen LogP contribution in [0.5, 0.6) is 5.95 Å². The van der Waals surface area contributed by atoms with Crippen molar-refractivity contribution < 1.29 is 23.2 Å². The van der Waals surface area contributed by atoms with E-state index in [2.05, 4.69) is 15.5 Å². The van der Waals surface area contributed by atoms with Crippen LogP contribution in [-0.4, -0.2) is 29.8 Å². The summed E-state index contributed by atoms with van der Waals surface area (Å²) in [4.78, 5) is 15.8. The van der Waals surface area contributed by atoms with Gasteiger partial charge in [-0.1, -0.05) is 5.16 Å². The van der Waals surface area contributed by atoms with Gasteiger partial charge in [-0.3, -0.25) is 4.79 Å². The molecule has 2 aromatic rings. The molecule has 0 spiro atoms. The van der Waals surface area contributed by atoms with Crippen molar-refractivity contribution in [2.45, 2.75) is 20.1 Å². The van der Waals surface area contributed by atoms with E-state index >= 15 is 0 Å². The molecule has 1 N–H and O–H groups in total. The highest BCUT2D eigenvalue weighted by atomic mass is 16.6. The summed E-state index contributed by atoms with van der Waals surface area (Å²) in [6.45, 7) is 2.67. The molecule has 1 amide bonds. The third kappa shape index (κ3) is 3.58. The van der Waals surface area contributed by atoms with Gasteiger partial charge in [-0.2, -0.15) is 4.98 Å². The molecule has 0 aromatic carbocycles. The molecule has 0 fully saturated rings. The highest BCUT2D eigenvalue weighted by Crippen LogP contribution is 2.15. The summed E-state index contributed by atoms with van der Waals surface area (Å²) in [5.74, 6) is 0.792. The Hall–Kier alpha value is -2.35. The number of carbonyl (C=O) groups excluding carboxylic acids is 1. The average Bonchev–Trinajstić information content (AvgIpc) is 3.06. The van der Waals surface area contributed by atoms with Crippen molar-refractivity contribution in [3.8, 4) is 5.95 Å². The molecule has 2 aromatic heterocycles. The van der Waals surface area contributed by atoms with Gasteiger partial charge in [0, 0.05) is 13.2 Å². The molecule has 0 saturated carbocycles. The zero-order chi connectivity index (χ0) is 14.4. The molecule has 0 saturated heterocycles. The number of methoxy groups -OCH3 is 1. The predicted octanol–water partition coefficient (Wildman–Crippen LogP) is 1.14. The summed E-state index contributed by atoms with van der Waals surface area (Å²) in [7, 11) is 1.53. The minimum Gasteiger partial charge on any atom is -0.465 e. The number of hydrogen-bond donors (Lipinski definition) is 1.